The first kappa shape index (κ1) is 20.4. The molecule has 0 bridgehead atoms. The second-order valence-electron chi connectivity index (χ2n) is 7.06. The fourth-order valence-electron chi connectivity index (χ4n) is 3.13. The zero-order chi connectivity index (χ0) is 19.7. The Balaban J connectivity index is 2.06. The van der Waals surface area contributed by atoms with Gasteiger partial charge in [-0.1, -0.05) is 44.7 Å². The monoisotopic (exact) mass is 498 g/mol. The number of hydrogen-bond donors (Lipinski definition) is 0. The quantitative estimate of drug-likeness (QED) is 0.442. The summed E-state index contributed by atoms with van der Waals surface area (Å²) in [7, 11) is 0. The molecule has 0 aromatic heterocycles. The molecule has 1 aromatic rings. The average Bonchev–Trinajstić information content (AvgIpc) is 2.94. The number of rotatable bonds is 5. The van der Waals surface area contributed by atoms with Crippen molar-refractivity contribution in [2.45, 2.75) is 45.4 Å². The van der Waals surface area contributed by atoms with Crippen molar-refractivity contribution in [2.75, 3.05) is 6.61 Å². The smallest absolute Gasteiger partial charge is 0.338 e. The van der Waals surface area contributed by atoms with Gasteiger partial charge >= 0.3 is 5.97 Å². The minimum absolute atomic E-state index is 0.00598. The SMILES string of the molecule is CCC1SC2=NC(C)=C(C(=O)OCC(C)C)C(c3ccc(I)cc3)N2C1=O. The maximum Gasteiger partial charge on any atom is 0.338 e. The van der Waals surface area contributed by atoms with E-state index in [1.165, 1.54) is 11.8 Å². The molecular formula is C20H23IN2O3S. The maximum atomic E-state index is 13.0. The number of carbonyl (C=O) groups is 2. The molecule has 1 saturated heterocycles. The number of fused-ring (bicyclic) bond motifs is 1. The van der Waals surface area contributed by atoms with E-state index in [0.717, 1.165) is 15.6 Å². The number of benzene rings is 1. The Morgan fingerprint density at radius 3 is 2.59 bits per heavy atom. The Morgan fingerprint density at radius 2 is 2.00 bits per heavy atom. The second-order valence-corrected chi connectivity index (χ2v) is 9.48. The first-order valence-corrected chi connectivity index (χ1v) is 11.0. The molecule has 0 spiro atoms. The molecule has 2 aliphatic heterocycles. The fourth-order valence-corrected chi connectivity index (χ4v) is 4.62. The largest absolute Gasteiger partial charge is 0.462 e. The van der Waals surface area contributed by atoms with Crippen LogP contribution in [-0.4, -0.2) is 33.8 Å². The van der Waals surface area contributed by atoms with Gasteiger partial charge in [0.1, 0.15) is 0 Å². The molecular weight excluding hydrogens is 475 g/mol. The first-order chi connectivity index (χ1) is 12.8. The third-order valence-corrected chi connectivity index (χ3v) is 6.51. The minimum Gasteiger partial charge on any atom is -0.462 e. The van der Waals surface area contributed by atoms with Crippen LogP contribution in [0.25, 0.3) is 0 Å². The maximum absolute atomic E-state index is 13.0. The number of thioether (sulfide) groups is 1. The lowest BCUT2D eigenvalue weighted by molar-refractivity contribution is -0.141. The van der Waals surface area contributed by atoms with Crippen molar-refractivity contribution < 1.29 is 14.3 Å². The van der Waals surface area contributed by atoms with Crippen molar-refractivity contribution in [1.29, 1.82) is 0 Å². The summed E-state index contributed by atoms with van der Waals surface area (Å²) in [4.78, 5) is 32.2. The summed E-state index contributed by atoms with van der Waals surface area (Å²) in [6.45, 7) is 8.14. The van der Waals surface area contributed by atoms with Crippen molar-refractivity contribution in [1.82, 2.24) is 4.90 Å². The van der Waals surface area contributed by atoms with Gasteiger partial charge in [0.15, 0.2) is 5.17 Å². The number of amides is 1. The average molecular weight is 498 g/mol. The summed E-state index contributed by atoms with van der Waals surface area (Å²) in [5.41, 5.74) is 1.96. The van der Waals surface area contributed by atoms with Crippen molar-refractivity contribution in [2.24, 2.45) is 10.9 Å². The van der Waals surface area contributed by atoms with Crippen molar-refractivity contribution in [3.63, 3.8) is 0 Å². The van der Waals surface area contributed by atoms with Crippen LogP contribution in [0, 0.1) is 9.49 Å². The number of nitrogens with zero attached hydrogens (tertiary/aromatic N) is 2. The number of allylic oxidation sites excluding steroid dienone is 1. The summed E-state index contributed by atoms with van der Waals surface area (Å²) in [5.74, 6) is -0.153. The molecule has 0 aliphatic carbocycles. The molecule has 2 heterocycles. The first-order valence-electron chi connectivity index (χ1n) is 9.05. The van der Waals surface area contributed by atoms with Gasteiger partial charge in [-0.2, -0.15) is 0 Å². The van der Waals surface area contributed by atoms with Crippen molar-refractivity contribution >= 4 is 51.4 Å². The molecule has 5 nitrogen and oxygen atoms in total. The number of halogens is 1. The minimum atomic E-state index is -0.495. The lowest BCUT2D eigenvalue weighted by Gasteiger charge is -2.33. The molecule has 27 heavy (non-hydrogen) atoms. The fraction of sp³-hybridized carbons (Fsp3) is 0.450. The molecule has 7 heteroatoms. The van der Waals surface area contributed by atoms with Gasteiger partial charge in [-0.25, -0.2) is 9.79 Å². The standard InChI is InChI=1S/C20H23IN2O3S/c1-5-15-18(24)23-17(13-6-8-14(21)9-7-13)16(12(4)22-20(23)27-15)19(25)26-10-11(2)3/h6-9,11,15,17H,5,10H2,1-4H3. The topological polar surface area (TPSA) is 59.0 Å². The Bertz CT molecular complexity index is 817. The highest BCUT2D eigenvalue weighted by atomic mass is 127. The summed E-state index contributed by atoms with van der Waals surface area (Å²) in [5, 5.41) is 0.516. The molecule has 0 N–H and O–H groups in total. The van der Waals surface area contributed by atoms with Gasteiger partial charge in [0, 0.05) is 3.57 Å². The highest BCUT2D eigenvalue weighted by Crippen LogP contribution is 2.44. The van der Waals surface area contributed by atoms with Gasteiger partial charge in [-0.15, -0.1) is 0 Å². The highest BCUT2D eigenvalue weighted by molar-refractivity contribution is 14.1. The highest BCUT2D eigenvalue weighted by Gasteiger charge is 2.47. The van der Waals surface area contributed by atoms with Crippen LogP contribution in [0.3, 0.4) is 0 Å². The van der Waals surface area contributed by atoms with Gasteiger partial charge < -0.3 is 4.74 Å². The summed E-state index contributed by atoms with van der Waals surface area (Å²) in [6.07, 6.45) is 0.727. The number of ether oxygens (including phenoxy) is 1. The van der Waals surface area contributed by atoms with Gasteiger partial charge in [-0.3, -0.25) is 9.69 Å². The van der Waals surface area contributed by atoms with E-state index < -0.39 is 12.0 Å². The molecule has 1 fully saturated rings. The number of amidine groups is 1. The van der Waals surface area contributed by atoms with Gasteiger partial charge in [0.2, 0.25) is 5.91 Å². The summed E-state index contributed by atoms with van der Waals surface area (Å²) >= 11 is 3.72. The zero-order valence-corrected chi connectivity index (χ0v) is 18.8. The Labute approximate surface area is 177 Å². The van der Waals surface area contributed by atoms with Gasteiger partial charge in [0.05, 0.1) is 29.2 Å². The third-order valence-electron chi connectivity index (χ3n) is 4.48. The number of esters is 1. The molecule has 0 radical (unpaired) electrons. The Hall–Kier alpha value is -1.35. The normalized spacial score (nSPS) is 22.2. The van der Waals surface area contributed by atoms with Gasteiger partial charge in [0.25, 0.3) is 0 Å². The molecule has 1 amide bonds. The van der Waals surface area contributed by atoms with Crippen molar-refractivity contribution in [3.8, 4) is 0 Å². The van der Waals surface area contributed by atoms with E-state index in [1.807, 2.05) is 52.0 Å². The van der Waals surface area contributed by atoms with E-state index in [9.17, 15) is 9.59 Å². The van der Waals surface area contributed by atoms with Crippen LogP contribution in [0.15, 0.2) is 40.5 Å². The lowest BCUT2D eigenvalue weighted by Crippen LogP contribution is -2.41. The number of carbonyl (C=O) groups excluding carboxylic acids is 2. The molecule has 3 rings (SSSR count). The van der Waals surface area contributed by atoms with Crippen LogP contribution >= 0.6 is 34.4 Å². The van der Waals surface area contributed by atoms with Crippen molar-refractivity contribution in [3.05, 3.63) is 44.7 Å². The van der Waals surface area contributed by atoms with Gasteiger partial charge in [-0.05, 0) is 59.5 Å². The van der Waals surface area contributed by atoms with E-state index >= 15 is 0 Å². The summed E-state index contributed by atoms with van der Waals surface area (Å²) < 4.78 is 6.61. The van der Waals surface area contributed by atoms with Crippen LogP contribution in [-0.2, 0) is 14.3 Å². The number of hydrogen-bond acceptors (Lipinski definition) is 5. The third kappa shape index (κ3) is 4.08. The van der Waals surface area contributed by atoms with E-state index in [-0.39, 0.29) is 17.1 Å². The summed E-state index contributed by atoms with van der Waals surface area (Å²) in [6, 6.07) is 7.41. The van der Waals surface area contributed by atoms with Crippen LogP contribution in [0.5, 0.6) is 0 Å². The Kier molecular flexibility index (Phi) is 6.30. The molecule has 2 atom stereocenters. The second kappa shape index (κ2) is 8.34. The van der Waals surface area contributed by atoms with Crippen LogP contribution in [0.4, 0.5) is 0 Å². The molecule has 0 saturated carbocycles. The molecule has 1 aromatic carbocycles. The van der Waals surface area contributed by atoms with Crippen LogP contribution in [0.2, 0.25) is 0 Å². The molecule has 144 valence electrons. The van der Waals surface area contributed by atoms with E-state index in [1.54, 1.807) is 4.90 Å². The zero-order valence-electron chi connectivity index (χ0n) is 15.9. The van der Waals surface area contributed by atoms with Crippen LogP contribution < -0.4 is 0 Å². The van der Waals surface area contributed by atoms with E-state index in [4.69, 9.17) is 4.74 Å². The predicted octanol–water partition coefficient (Wildman–Crippen LogP) is 4.53. The molecule has 2 unspecified atom stereocenters. The molecule has 2 aliphatic rings. The lowest BCUT2D eigenvalue weighted by atomic mass is 9.94. The Morgan fingerprint density at radius 1 is 1.33 bits per heavy atom. The number of aliphatic imine (C=N–C) groups is 1. The van der Waals surface area contributed by atoms with Crippen LogP contribution in [0.1, 0.15) is 45.7 Å². The van der Waals surface area contributed by atoms with E-state index in [0.29, 0.717) is 23.0 Å². The predicted molar refractivity (Wildman–Crippen MR) is 116 cm³/mol. The van der Waals surface area contributed by atoms with E-state index in [2.05, 4.69) is 27.6 Å².